The van der Waals surface area contributed by atoms with Gasteiger partial charge in [0.2, 0.25) is 0 Å². The van der Waals surface area contributed by atoms with Crippen molar-refractivity contribution in [3.05, 3.63) is 0 Å². The van der Waals surface area contributed by atoms with Gasteiger partial charge in [0.15, 0.2) is 0 Å². The zero-order valence-corrected chi connectivity index (χ0v) is 3.39. The van der Waals surface area contributed by atoms with Crippen molar-refractivity contribution in [2.24, 2.45) is 5.84 Å². The fourth-order valence-corrected chi connectivity index (χ4v) is 0.0830. The van der Waals surface area contributed by atoms with Gasteiger partial charge in [-0.2, -0.15) is 0 Å². The van der Waals surface area contributed by atoms with Crippen LogP contribution < -0.4 is 11.4 Å². The van der Waals surface area contributed by atoms with Crippen LogP contribution in [-0.2, 0) is 9.63 Å². The molecule has 4 heteroatoms. The highest BCUT2D eigenvalue weighted by molar-refractivity contribution is 5.65. The van der Waals surface area contributed by atoms with E-state index in [4.69, 9.17) is 0 Å². The molecule has 0 unspecified atom stereocenters. The lowest BCUT2D eigenvalue weighted by atomic mass is 10.8. The van der Waals surface area contributed by atoms with Gasteiger partial charge in [0.05, 0.1) is 0 Å². The van der Waals surface area contributed by atoms with E-state index in [0.29, 0.717) is 0 Å². The number of carbonyl (C=O) groups excluding carboxylic acids is 1. The Kier molecular flexibility index (Phi) is 2.35. The summed E-state index contributed by atoms with van der Waals surface area (Å²) in [6, 6.07) is 0. The summed E-state index contributed by atoms with van der Waals surface area (Å²) in [6.45, 7) is 1.25. The predicted octanol–water partition coefficient (Wildman–Crippen LogP) is -1.07. The van der Waals surface area contributed by atoms with Crippen molar-refractivity contribution in [1.82, 2.24) is 5.59 Å². The van der Waals surface area contributed by atoms with E-state index >= 15 is 0 Å². The average molecular weight is 90.1 g/mol. The molecule has 0 spiro atoms. The van der Waals surface area contributed by atoms with Crippen molar-refractivity contribution in [2.75, 3.05) is 0 Å². The van der Waals surface area contributed by atoms with Crippen LogP contribution in [0.2, 0.25) is 0 Å². The Hall–Kier alpha value is -0.610. The molecule has 0 bridgehead atoms. The van der Waals surface area contributed by atoms with Crippen LogP contribution >= 0.6 is 0 Å². The summed E-state index contributed by atoms with van der Waals surface area (Å²) in [5.41, 5.74) is 1.72. The van der Waals surface area contributed by atoms with Gasteiger partial charge in [-0.05, 0) is 0 Å². The predicted molar refractivity (Wildman–Crippen MR) is 19.1 cm³/mol. The van der Waals surface area contributed by atoms with E-state index in [1.54, 1.807) is 5.59 Å². The Morgan fingerprint density at radius 3 is 2.50 bits per heavy atom. The van der Waals surface area contributed by atoms with Gasteiger partial charge in [0.25, 0.3) is 0 Å². The van der Waals surface area contributed by atoms with E-state index in [-0.39, 0.29) is 0 Å². The third kappa shape index (κ3) is 3.39. The minimum absolute atomic E-state index is 0.447. The first kappa shape index (κ1) is 5.39. The zero-order valence-electron chi connectivity index (χ0n) is 3.39. The fourth-order valence-electron chi connectivity index (χ4n) is 0.0830. The number of hydrogen-bond acceptors (Lipinski definition) is 4. The molecule has 0 saturated heterocycles. The molecule has 0 aromatic heterocycles. The molecular formula is C2H6N2O2. The molecule has 6 heavy (non-hydrogen) atoms. The quantitative estimate of drug-likeness (QED) is 0.318. The lowest BCUT2D eigenvalue weighted by Gasteiger charge is -1.90. The fraction of sp³-hybridized carbons (Fsp3) is 0.500. The van der Waals surface area contributed by atoms with E-state index in [2.05, 4.69) is 10.7 Å². The van der Waals surface area contributed by atoms with Crippen LogP contribution in [0.25, 0.3) is 0 Å². The molecule has 0 aliphatic heterocycles. The minimum Gasteiger partial charge on any atom is -0.356 e. The summed E-state index contributed by atoms with van der Waals surface area (Å²) < 4.78 is 0. The summed E-state index contributed by atoms with van der Waals surface area (Å²) in [7, 11) is 0. The van der Waals surface area contributed by atoms with Crippen LogP contribution in [0.5, 0.6) is 0 Å². The number of nitrogens with one attached hydrogen (secondary N) is 1. The van der Waals surface area contributed by atoms with E-state index in [0.717, 1.165) is 0 Å². The van der Waals surface area contributed by atoms with Crippen molar-refractivity contribution in [3.8, 4) is 0 Å². The molecule has 0 aliphatic carbocycles. The Balaban J connectivity index is 2.83. The Morgan fingerprint density at radius 1 is 2.00 bits per heavy atom. The standard InChI is InChI=1S/C2H6N2O2/c1-2(5)6-4-3/h4H,3H2,1H3. The SMILES string of the molecule is CC(=O)ONN. The summed E-state index contributed by atoms with van der Waals surface area (Å²) in [6.07, 6.45) is 0. The van der Waals surface area contributed by atoms with Gasteiger partial charge in [-0.15, -0.1) is 0 Å². The van der Waals surface area contributed by atoms with E-state index in [9.17, 15) is 4.79 Å². The maximum atomic E-state index is 9.68. The molecule has 0 fully saturated rings. The first-order valence-corrected chi connectivity index (χ1v) is 1.40. The first-order chi connectivity index (χ1) is 2.77. The monoisotopic (exact) mass is 90.0 g/mol. The van der Waals surface area contributed by atoms with Gasteiger partial charge in [-0.25, -0.2) is 5.84 Å². The number of nitrogens with two attached hydrogens (primary N) is 1. The third-order valence-corrected chi connectivity index (χ3v) is 0.203. The van der Waals surface area contributed by atoms with Crippen LogP contribution in [-0.4, -0.2) is 5.97 Å². The van der Waals surface area contributed by atoms with Gasteiger partial charge in [-0.1, -0.05) is 5.59 Å². The van der Waals surface area contributed by atoms with Crippen LogP contribution in [0, 0.1) is 0 Å². The zero-order chi connectivity index (χ0) is 4.99. The highest BCUT2D eigenvalue weighted by atomic mass is 16.7. The van der Waals surface area contributed by atoms with Crippen LogP contribution in [0.1, 0.15) is 6.92 Å². The normalized spacial score (nSPS) is 7.67. The Labute approximate surface area is 35.2 Å². The number of hydrogen-bond donors (Lipinski definition) is 2. The number of rotatable bonds is 1. The van der Waals surface area contributed by atoms with Gasteiger partial charge in [-0.3, -0.25) is 4.79 Å². The largest absolute Gasteiger partial charge is 0.356 e. The topological polar surface area (TPSA) is 64.3 Å². The molecule has 0 radical (unpaired) electrons. The second-order valence-electron chi connectivity index (χ2n) is 0.711. The lowest BCUT2D eigenvalue weighted by molar-refractivity contribution is -0.148. The third-order valence-electron chi connectivity index (χ3n) is 0.203. The number of hydrazine groups is 1. The van der Waals surface area contributed by atoms with Crippen LogP contribution in [0.4, 0.5) is 0 Å². The molecule has 36 valence electrons. The van der Waals surface area contributed by atoms with Crippen molar-refractivity contribution in [3.63, 3.8) is 0 Å². The molecule has 0 amide bonds. The summed E-state index contributed by atoms with van der Waals surface area (Å²) in [4.78, 5) is 13.6. The second kappa shape index (κ2) is 2.62. The molecular weight excluding hydrogens is 84.0 g/mol. The molecule has 0 aliphatic rings. The van der Waals surface area contributed by atoms with Crippen molar-refractivity contribution < 1.29 is 9.63 Å². The van der Waals surface area contributed by atoms with Gasteiger partial charge in [0, 0.05) is 6.92 Å². The Morgan fingerprint density at radius 2 is 2.50 bits per heavy atom. The second-order valence-corrected chi connectivity index (χ2v) is 0.711. The molecule has 0 aromatic carbocycles. The van der Waals surface area contributed by atoms with Crippen LogP contribution in [0.3, 0.4) is 0 Å². The van der Waals surface area contributed by atoms with Crippen molar-refractivity contribution >= 4 is 5.97 Å². The van der Waals surface area contributed by atoms with Gasteiger partial charge >= 0.3 is 5.97 Å². The lowest BCUT2D eigenvalue weighted by Crippen LogP contribution is -2.24. The van der Waals surface area contributed by atoms with E-state index < -0.39 is 5.97 Å². The van der Waals surface area contributed by atoms with Crippen molar-refractivity contribution in [2.45, 2.75) is 6.92 Å². The minimum atomic E-state index is -0.447. The highest BCUT2D eigenvalue weighted by Crippen LogP contribution is 1.59. The summed E-state index contributed by atoms with van der Waals surface area (Å²) >= 11 is 0. The molecule has 4 nitrogen and oxygen atoms in total. The summed E-state index contributed by atoms with van der Waals surface area (Å²) in [5, 5.41) is 0. The smallest absolute Gasteiger partial charge is 0.323 e. The van der Waals surface area contributed by atoms with E-state index in [1.165, 1.54) is 6.92 Å². The molecule has 0 aromatic rings. The molecule has 0 saturated carbocycles. The van der Waals surface area contributed by atoms with Crippen molar-refractivity contribution in [1.29, 1.82) is 0 Å². The maximum absolute atomic E-state index is 9.68. The molecule has 0 atom stereocenters. The highest BCUT2D eigenvalue weighted by Gasteiger charge is 1.81. The molecule has 0 rings (SSSR count). The first-order valence-electron chi connectivity index (χ1n) is 1.40. The van der Waals surface area contributed by atoms with Crippen LogP contribution in [0.15, 0.2) is 0 Å². The Bertz CT molecular complexity index is 53.5. The molecule has 0 heterocycles. The average Bonchev–Trinajstić information content (AvgIpc) is 1.35. The van der Waals surface area contributed by atoms with Gasteiger partial charge < -0.3 is 4.84 Å². The summed E-state index contributed by atoms with van der Waals surface area (Å²) in [5.74, 6) is 4.09. The number of carbonyl (C=O) groups is 1. The molecule has 3 N–H and O–H groups in total. The maximum Gasteiger partial charge on any atom is 0.323 e. The van der Waals surface area contributed by atoms with E-state index in [1.807, 2.05) is 0 Å². The van der Waals surface area contributed by atoms with Gasteiger partial charge in [0.1, 0.15) is 0 Å².